The molecule has 0 saturated carbocycles. The van der Waals surface area contributed by atoms with E-state index in [0.29, 0.717) is 6.10 Å². The Balaban J connectivity index is 3.12. The van der Waals surface area contributed by atoms with Crippen LogP contribution in [-0.4, -0.2) is 38.3 Å². The second-order valence-corrected chi connectivity index (χ2v) is 7.28. The van der Waals surface area contributed by atoms with E-state index in [2.05, 4.69) is 39.8 Å². The first-order chi connectivity index (χ1) is 10.0. The smallest absolute Gasteiger partial charge is 0.0559 e. The standard InChI is InChI=1S/C19H41NO/c1-18(2)14-12-10-8-6-7-9-11-13-17-21-19(3)15-16-20(4)5/h18-19H,6-17H2,1-5H3. The number of ether oxygens (including phenoxy) is 1. The monoisotopic (exact) mass is 299 g/mol. The molecule has 128 valence electrons. The molecule has 1 atom stereocenters. The van der Waals surface area contributed by atoms with E-state index in [1.165, 1.54) is 57.8 Å². The van der Waals surface area contributed by atoms with E-state index in [4.69, 9.17) is 4.74 Å². The maximum atomic E-state index is 5.85. The lowest BCUT2D eigenvalue weighted by atomic mass is 10.0. The van der Waals surface area contributed by atoms with E-state index in [9.17, 15) is 0 Å². The molecule has 0 fully saturated rings. The largest absolute Gasteiger partial charge is 0.378 e. The first-order valence-corrected chi connectivity index (χ1v) is 9.28. The van der Waals surface area contributed by atoms with E-state index >= 15 is 0 Å². The summed E-state index contributed by atoms with van der Waals surface area (Å²) in [5, 5.41) is 0. The lowest BCUT2D eigenvalue weighted by molar-refractivity contribution is 0.0528. The van der Waals surface area contributed by atoms with E-state index < -0.39 is 0 Å². The van der Waals surface area contributed by atoms with Crippen molar-refractivity contribution in [3.63, 3.8) is 0 Å². The highest BCUT2D eigenvalue weighted by molar-refractivity contribution is 4.54. The third-order valence-corrected chi connectivity index (χ3v) is 4.06. The number of hydrogen-bond acceptors (Lipinski definition) is 2. The highest BCUT2D eigenvalue weighted by Crippen LogP contribution is 2.12. The summed E-state index contributed by atoms with van der Waals surface area (Å²) in [6, 6.07) is 0. The van der Waals surface area contributed by atoms with Crippen LogP contribution in [0.25, 0.3) is 0 Å². The van der Waals surface area contributed by atoms with Gasteiger partial charge in [-0.15, -0.1) is 0 Å². The number of unbranched alkanes of at least 4 members (excludes halogenated alkanes) is 7. The zero-order chi connectivity index (χ0) is 15.9. The number of hydrogen-bond donors (Lipinski definition) is 0. The molecule has 0 aliphatic rings. The summed E-state index contributed by atoms with van der Waals surface area (Å²) < 4.78 is 5.85. The molecule has 0 bridgehead atoms. The molecule has 0 rings (SSSR count). The van der Waals surface area contributed by atoms with Gasteiger partial charge >= 0.3 is 0 Å². The van der Waals surface area contributed by atoms with Gasteiger partial charge in [-0.1, -0.05) is 65.2 Å². The van der Waals surface area contributed by atoms with Crippen LogP contribution >= 0.6 is 0 Å². The minimum Gasteiger partial charge on any atom is -0.378 e. The number of rotatable bonds is 15. The highest BCUT2D eigenvalue weighted by Gasteiger charge is 2.02. The van der Waals surface area contributed by atoms with Gasteiger partial charge < -0.3 is 9.64 Å². The molecule has 0 aliphatic carbocycles. The summed E-state index contributed by atoms with van der Waals surface area (Å²) in [5.41, 5.74) is 0. The van der Waals surface area contributed by atoms with Gasteiger partial charge in [0, 0.05) is 6.61 Å². The molecule has 0 N–H and O–H groups in total. The molecule has 0 heterocycles. The molecule has 0 aromatic rings. The maximum Gasteiger partial charge on any atom is 0.0559 e. The molecule has 0 saturated heterocycles. The predicted molar refractivity (Wildman–Crippen MR) is 95.0 cm³/mol. The van der Waals surface area contributed by atoms with Gasteiger partial charge in [-0.05, 0) is 46.3 Å². The van der Waals surface area contributed by atoms with E-state index in [-0.39, 0.29) is 0 Å². The van der Waals surface area contributed by atoms with Crippen molar-refractivity contribution in [1.82, 2.24) is 4.90 Å². The summed E-state index contributed by atoms with van der Waals surface area (Å²) in [6.45, 7) is 8.91. The van der Waals surface area contributed by atoms with Crippen molar-refractivity contribution in [1.29, 1.82) is 0 Å². The summed E-state index contributed by atoms with van der Waals surface area (Å²) >= 11 is 0. The van der Waals surface area contributed by atoms with Crippen LogP contribution in [0.4, 0.5) is 0 Å². The van der Waals surface area contributed by atoms with Gasteiger partial charge in [0.05, 0.1) is 6.10 Å². The summed E-state index contributed by atoms with van der Waals surface area (Å²) in [6.07, 6.45) is 14.1. The van der Waals surface area contributed by atoms with Crippen molar-refractivity contribution in [3.05, 3.63) is 0 Å². The molecule has 2 nitrogen and oxygen atoms in total. The van der Waals surface area contributed by atoms with Crippen LogP contribution in [0.1, 0.15) is 85.0 Å². The molecular formula is C19H41NO. The van der Waals surface area contributed by atoms with Crippen LogP contribution in [0.3, 0.4) is 0 Å². The fourth-order valence-corrected chi connectivity index (χ4v) is 2.52. The van der Waals surface area contributed by atoms with Crippen LogP contribution in [0.5, 0.6) is 0 Å². The Morgan fingerprint density at radius 2 is 1.24 bits per heavy atom. The van der Waals surface area contributed by atoms with Crippen molar-refractivity contribution in [2.24, 2.45) is 5.92 Å². The van der Waals surface area contributed by atoms with Crippen LogP contribution < -0.4 is 0 Å². The quantitative estimate of drug-likeness (QED) is 0.370. The molecule has 1 unspecified atom stereocenters. The van der Waals surface area contributed by atoms with E-state index in [1.54, 1.807) is 0 Å². The average molecular weight is 300 g/mol. The first kappa shape index (κ1) is 20.9. The highest BCUT2D eigenvalue weighted by atomic mass is 16.5. The van der Waals surface area contributed by atoms with Gasteiger partial charge in [0.25, 0.3) is 0 Å². The maximum absolute atomic E-state index is 5.85. The molecule has 0 radical (unpaired) electrons. The minimum absolute atomic E-state index is 0.411. The normalized spacial score (nSPS) is 13.3. The van der Waals surface area contributed by atoms with Crippen LogP contribution in [0.2, 0.25) is 0 Å². The Hall–Kier alpha value is -0.0800. The first-order valence-electron chi connectivity index (χ1n) is 9.28. The molecule has 0 aromatic carbocycles. The van der Waals surface area contributed by atoms with Crippen LogP contribution in [0, 0.1) is 5.92 Å². The van der Waals surface area contributed by atoms with Gasteiger partial charge in [0.15, 0.2) is 0 Å². The average Bonchev–Trinajstić information content (AvgIpc) is 2.42. The van der Waals surface area contributed by atoms with Crippen molar-refractivity contribution < 1.29 is 4.74 Å². The van der Waals surface area contributed by atoms with Gasteiger partial charge in [0.1, 0.15) is 0 Å². The van der Waals surface area contributed by atoms with E-state index in [0.717, 1.165) is 25.5 Å². The molecule has 0 aromatic heterocycles. The summed E-state index contributed by atoms with van der Waals surface area (Å²) in [4.78, 5) is 2.22. The Morgan fingerprint density at radius 3 is 1.76 bits per heavy atom. The van der Waals surface area contributed by atoms with Crippen molar-refractivity contribution in [2.75, 3.05) is 27.2 Å². The predicted octanol–water partition coefficient (Wildman–Crippen LogP) is 5.51. The lowest BCUT2D eigenvalue weighted by Crippen LogP contribution is -2.19. The fourth-order valence-electron chi connectivity index (χ4n) is 2.52. The van der Waals surface area contributed by atoms with Crippen molar-refractivity contribution in [2.45, 2.75) is 91.1 Å². The van der Waals surface area contributed by atoms with Gasteiger partial charge in [-0.25, -0.2) is 0 Å². The molecule has 0 spiro atoms. The molecule has 0 amide bonds. The fraction of sp³-hybridized carbons (Fsp3) is 1.00. The van der Waals surface area contributed by atoms with Crippen molar-refractivity contribution >= 4 is 0 Å². The van der Waals surface area contributed by atoms with Crippen LogP contribution in [-0.2, 0) is 4.74 Å². The van der Waals surface area contributed by atoms with Gasteiger partial charge in [0.2, 0.25) is 0 Å². The van der Waals surface area contributed by atoms with Crippen molar-refractivity contribution in [3.8, 4) is 0 Å². The SMILES string of the molecule is CC(C)CCCCCCCCCCOC(C)CCN(C)C. The molecule has 21 heavy (non-hydrogen) atoms. The summed E-state index contributed by atoms with van der Waals surface area (Å²) in [5.74, 6) is 0.880. The van der Waals surface area contributed by atoms with E-state index in [1.807, 2.05) is 0 Å². The third kappa shape index (κ3) is 17.9. The molecular weight excluding hydrogens is 258 g/mol. The molecule has 0 aliphatic heterocycles. The zero-order valence-corrected chi connectivity index (χ0v) is 15.5. The Bertz CT molecular complexity index is 204. The van der Waals surface area contributed by atoms with Crippen LogP contribution in [0.15, 0.2) is 0 Å². The Kier molecular flexibility index (Phi) is 14.8. The lowest BCUT2D eigenvalue weighted by Gasteiger charge is -2.15. The topological polar surface area (TPSA) is 12.5 Å². The van der Waals surface area contributed by atoms with Gasteiger partial charge in [-0.2, -0.15) is 0 Å². The minimum atomic E-state index is 0.411. The summed E-state index contributed by atoms with van der Waals surface area (Å²) in [7, 11) is 4.24. The Morgan fingerprint density at radius 1 is 0.714 bits per heavy atom. The third-order valence-electron chi connectivity index (χ3n) is 4.06. The second kappa shape index (κ2) is 14.8. The molecule has 2 heteroatoms. The zero-order valence-electron chi connectivity index (χ0n) is 15.5. The second-order valence-electron chi connectivity index (χ2n) is 7.28. The Labute approximate surface area is 134 Å². The number of nitrogens with zero attached hydrogens (tertiary/aromatic N) is 1. The van der Waals surface area contributed by atoms with Gasteiger partial charge in [-0.3, -0.25) is 0 Å².